The second kappa shape index (κ2) is 7.90. The van der Waals surface area contributed by atoms with E-state index in [1.165, 1.54) is 30.4 Å². The molecule has 3 rings (SSSR count). The molecule has 1 heterocycles. The summed E-state index contributed by atoms with van der Waals surface area (Å²) < 4.78 is 12.9. The summed E-state index contributed by atoms with van der Waals surface area (Å²) in [6.45, 7) is 2.63. The van der Waals surface area contributed by atoms with E-state index >= 15 is 0 Å². The van der Waals surface area contributed by atoms with Crippen LogP contribution in [0.2, 0.25) is 0 Å². The number of rotatable bonds is 6. The number of anilines is 1. The van der Waals surface area contributed by atoms with Crippen molar-refractivity contribution in [2.45, 2.75) is 20.0 Å². The number of amides is 1. The van der Waals surface area contributed by atoms with Crippen molar-refractivity contribution in [1.82, 2.24) is 10.3 Å². The van der Waals surface area contributed by atoms with Gasteiger partial charge in [-0.05, 0) is 23.3 Å². The molecule has 0 fully saturated rings. The Morgan fingerprint density at radius 1 is 1.04 bits per heavy atom. The van der Waals surface area contributed by atoms with E-state index in [2.05, 4.69) is 15.6 Å². The molecule has 0 spiro atoms. The number of nitrogens with one attached hydrogen (secondary N) is 2. The summed E-state index contributed by atoms with van der Waals surface area (Å²) in [6.07, 6.45) is 0. The molecule has 0 aliphatic carbocycles. The average molecular weight is 355 g/mol. The molecule has 2 N–H and O–H groups in total. The Hall–Kier alpha value is -2.73. The van der Waals surface area contributed by atoms with Gasteiger partial charge < -0.3 is 10.6 Å². The summed E-state index contributed by atoms with van der Waals surface area (Å²) in [4.78, 5) is 15.5. The van der Waals surface area contributed by atoms with Crippen LogP contribution in [0.25, 0.3) is 11.3 Å². The first-order valence-corrected chi connectivity index (χ1v) is 8.76. The molecule has 6 heteroatoms. The highest BCUT2D eigenvalue weighted by Crippen LogP contribution is 2.25. The van der Waals surface area contributed by atoms with Crippen molar-refractivity contribution >= 4 is 22.4 Å². The minimum Gasteiger partial charge on any atom is -0.357 e. The number of nitrogens with zero attached hydrogens (tertiary/aromatic N) is 1. The van der Waals surface area contributed by atoms with Gasteiger partial charge in [-0.1, -0.05) is 36.4 Å². The van der Waals surface area contributed by atoms with Crippen molar-refractivity contribution in [2.24, 2.45) is 0 Å². The first-order chi connectivity index (χ1) is 12.1. The molecule has 0 radical (unpaired) electrons. The number of hydrogen-bond donors (Lipinski definition) is 2. The van der Waals surface area contributed by atoms with Gasteiger partial charge in [0.2, 0.25) is 5.91 Å². The van der Waals surface area contributed by atoms with Crippen LogP contribution in [-0.2, 0) is 17.9 Å². The van der Waals surface area contributed by atoms with Crippen LogP contribution in [-0.4, -0.2) is 10.9 Å². The van der Waals surface area contributed by atoms with E-state index in [4.69, 9.17) is 0 Å². The summed E-state index contributed by atoms with van der Waals surface area (Å²) in [5.41, 5.74) is 3.97. The lowest BCUT2D eigenvalue weighted by molar-refractivity contribution is -0.119. The zero-order chi connectivity index (χ0) is 17.6. The Balaban J connectivity index is 1.60. The molecule has 25 heavy (non-hydrogen) atoms. The summed E-state index contributed by atoms with van der Waals surface area (Å²) in [7, 11) is 0. The number of aromatic nitrogens is 1. The zero-order valence-electron chi connectivity index (χ0n) is 13.8. The second-order valence-corrected chi connectivity index (χ2v) is 6.48. The van der Waals surface area contributed by atoms with Gasteiger partial charge in [-0.25, -0.2) is 9.37 Å². The van der Waals surface area contributed by atoms with Crippen LogP contribution < -0.4 is 10.6 Å². The van der Waals surface area contributed by atoms with Gasteiger partial charge in [0.05, 0.1) is 5.69 Å². The van der Waals surface area contributed by atoms with Crippen molar-refractivity contribution in [2.75, 3.05) is 5.32 Å². The van der Waals surface area contributed by atoms with E-state index in [0.717, 1.165) is 27.5 Å². The Labute approximate surface area is 149 Å². The van der Waals surface area contributed by atoms with Gasteiger partial charge in [0.15, 0.2) is 5.13 Å². The van der Waals surface area contributed by atoms with E-state index in [1.54, 1.807) is 12.1 Å². The highest BCUT2D eigenvalue weighted by atomic mass is 32.1. The third-order valence-electron chi connectivity index (χ3n) is 3.65. The summed E-state index contributed by atoms with van der Waals surface area (Å²) in [6, 6.07) is 14.4. The average Bonchev–Trinajstić information content (AvgIpc) is 3.09. The van der Waals surface area contributed by atoms with E-state index in [-0.39, 0.29) is 11.7 Å². The minimum absolute atomic E-state index is 0.0413. The van der Waals surface area contributed by atoms with Crippen molar-refractivity contribution in [3.05, 3.63) is 70.9 Å². The smallest absolute Gasteiger partial charge is 0.217 e. The molecular weight excluding hydrogens is 337 g/mol. The summed E-state index contributed by atoms with van der Waals surface area (Å²) in [5.74, 6) is -0.275. The molecule has 3 aromatic rings. The van der Waals surface area contributed by atoms with Gasteiger partial charge in [-0.15, -0.1) is 11.3 Å². The Morgan fingerprint density at radius 3 is 2.36 bits per heavy atom. The number of benzene rings is 2. The number of hydrogen-bond acceptors (Lipinski definition) is 4. The first kappa shape index (κ1) is 17.1. The number of halogens is 1. The maximum Gasteiger partial charge on any atom is 0.217 e. The van der Waals surface area contributed by atoms with Crippen molar-refractivity contribution in [3.8, 4) is 11.3 Å². The van der Waals surface area contributed by atoms with Gasteiger partial charge in [0, 0.05) is 31.0 Å². The maximum atomic E-state index is 12.9. The van der Waals surface area contributed by atoms with Crippen LogP contribution in [0.3, 0.4) is 0 Å². The van der Waals surface area contributed by atoms with Crippen LogP contribution in [0.4, 0.5) is 9.52 Å². The Bertz CT molecular complexity index is 844. The highest BCUT2D eigenvalue weighted by molar-refractivity contribution is 7.14. The maximum absolute atomic E-state index is 12.9. The number of carbonyl (C=O) groups is 1. The van der Waals surface area contributed by atoms with Gasteiger partial charge in [0.25, 0.3) is 0 Å². The molecule has 0 aliphatic heterocycles. The fourth-order valence-electron chi connectivity index (χ4n) is 2.29. The molecule has 0 atom stereocenters. The van der Waals surface area contributed by atoms with Crippen molar-refractivity contribution < 1.29 is 9.18 Å². The topological polar surface area (TPSA) is 54.0 Å². The van der Waals surface area contributed by atoms with Gasteiger partial charge in [-0.2, -0.15) is 0 Å². The van der Waals surface area contributed by atoms with Crippen LogP contribution in [0.1, 0.15) is 18.1 Å². The minimum atomic E-state index is -0.234. The molecule has 2 aromatic carbocycles. The third kappa shape index (κ3) is 4.87. The van der Waals surface area contributed by atoms with Crippen LogP contribution >= 0.6 is 11.3 Å². The summed E-state index contributed by atoms with van der Waals surface area (Å²) in [5, 5.41) is 8.84. The van der Waals surface area contributed by atoms with E-state index in [9.17, 15) is 9.18 Å². The lowest BCUT2D eigenvalue weighted by atomic mass is 10.1. The fourth-order valence-corrected chi connectivity index (χ4v) is 3.01. The molecule has 0 bridgehead atoms. The van der Waals surface area contributed by atoms with Gasteiger partial charge >= 0.3 is 0 Å². The normalized spacial score (nSPS) is 10.5. The SMILES string of the molecule is CC(=O)NCc1ccc(-c2csc(NCc3ccc(F)cc3)n2)cc1. The fraction of sp³-hybridized carbons (Fsp3) is 0.158. The van der Waals surface area contributed by atoms with Gasteiger partial charge in [0.1, 0.15) is 5.82 Å². The number of thiazole rings is 1. The molecule has 1 amide bonds. The molecular formula is C19H18FN3OS. The Kier molecular flexibility index (Phi) is 5.40. The largest absolute Gasteiger partial charge is 0.357 e. The molecule has 128 valence electrons. The zero-order valence-corrected chi connectivity index (χ0v) is 14.6. The monoisotopic (exact) mass is 355 g/mol. The first-order valence-electron chi connectivity index (χ1n) is 7.88. The van der Waals surface area contributed by atoms with Crippen LogP contribution in [0.5, 0.6) is 0 Å². The highest BCUT2D eigenvalue weighted by Gasteiger charge is 2.05. The van der Waals surface area contributed by atoms with Crippen molar-refractivity contribution in [1.29, 1.82) is 0 Å². The van der Waals surface area contributed by atoms with E-state index < -0.39 is 0 Å². The van der Waals surface area contributed by atoms with E-state index in [0.29, 0.717) is 13.1 Å². The molecule has 0 unspecified atom stereocenters. The van der Waals surface area contributed by atoms with Gasteiger partial charge in [-0.3, -0.25) is 4.79 Å². The molecule has 0 saturated heterocycles. The standard InChI is InChI=1S/C19H18FN3OS/c1-13(24)21-10-14-2-6-16(7-3-14)18-12-25-19(23-18)22-11-15-4-8-17(20)9-5-15/h2-9,12H,10-11H2,1H3,(H,21,24)(H,22,23). The molecule has 4 nitrogen and oxygen atoms in total. The number of carbonyl (C=O) groups excluding carboxylic acids is 1. The summed E-state index contributed by atoms with van der Waals surface area (Å²) >= 11 is 1.53. The van der Waals surface area contributed by atoms with Crippen molar-refractivity contribution in [3.63, 3.8) is 0 Å². The van der Waals surface area contributed by atoms with Crippen LogP contribution in [0, 0.1) is 5.82 Å². The second-order valence-electron chi connectivity index (χ2n) is 5.62. The predicted molar refractivity (Wildman–Crippen MR) is 98.8 cm³/mol. The molecule has 0 saturated carbocycles. The quantitative estimate of drug-likeness (QED) is 0.697. The lowest BCUT2D eigenvalue weighted by Gasteiger charge is -2.04. The third-order valence-corrected chi connectivity index (χ3v) is 4.45. The predicted octanol–water partition coefficient (Wildman–Crippen LogP) is 4.20. The lowest BCUT2D eigenvalue weighted by Crippen LogP contribution is -2.18. The molecule has 1 aromatic heterocycles. The van der Waals surface area contributed by atoms with E-state index in [1.807, 2.05) is 29.6 Å². The Morgan fingerprint density at radius 2 is 1.68 bits per heavy atom. The van der Waals surface area contributed by atoms with Crippen LogP contribution in [0.15, 0.2) is 53.9 Å². The molecule has 0 aliphatic rings.